The molecule has 0 spiro atoms. The second kappa shape index (κ2) is 6.13. The highest BCUT2D eigenvalue weighted by atomic mass is 19.1. The molecular formula is C13H18F2N2O3. The van der Waals surface area contributed by atoms with E-state index in [0.717, 1.165) is 6.07 Å². The Labute approximate surface area is 115 Å². The van der Waals surface area contributed by atoms with Crippen molar-refractivity contribution in [1.29, 1.82) is 0 Å². The van der Waals surface area contributed by atoms with E-state index >= 15 is 0 Å². The van der Waals surface area contributed by atoms with E-state index in [9.17, 15) is 24.0 Å². The fourth-order valence-corrected chi connectivity index (χ4v) is 2.12. The fourth-order valence-electron chi connectivity index (χ4n) is 2.12. The van der Waals surface area contributed by atoms with Crippen molar-refractivity contribution < 1.29 is 18.8 Å². The molecule has 0 saturated carbocycles. The maximum absolute atomic E-state index is 13.4. The predicted octanol–water partition coefficient (Wildman–Crippen LogP) is 3.08. The van der Waals surface area contributed by atoms with Crippen LogP contribution in [0.2, 0.25) is 0 Å². The molecule has 0 aliphatic rings. The minimum absolute atomic E-state index is 0.0467. The van der Waals surface area contributed by atoms with Crippen LogP contribution < -0.4 is 5.32 Å². The summed E-state index contributed by atoms with van der Waals surface area (Å²) < 4.78 is 26.5. The van der Waals surface area contributed by atoms with Gasteiger partial charge in [0.25, 0.3) is 0 Å². The monoisotopic (exact) mass is 288 g/mol. The van der Waals surface area contributed by atoms with Crippen molar-refractivity contribution in [2.24, 2.45) is 5.92 Å². The Morgan fingerprint density at radius 1 is 1.45 bits per heavy atom. The van der Waals surface area contributed by atoms with Gasteiger partial charge >= 0.3 is 5.69 Å². The number of nitrogens with one attached hydrogen (secondary N) is 1. The number of nitro groups is 1. The first-order valence-electron chi connectivity index (χ1n) is 6.22. The molecule has 0 amide bonds. The molecule has 0 aromatic heterocycles. The van der Waals surface area contributed by atoms with Crippen LogP contribution in [-0.2, 0) is 0 Å². The summed E-state index contributed by atoms with van der Waals surface area (Å²) in [7, 11) is 0. The number of nitro benzene ring substituents is 1. The maximum atomic E-state index is 13.4. The van der Waals surface area contributed by atoms with Gasteiger partial charge in [0.2, 0.25) is 5.82 Å². The highest BCUT2D eigenvalue weighted by molar-refractivity contribution is 5.62. The number of hydrogen-bond acceptors (Lipinski definition) is 4. The molecule has 1 aromatic rings. The van der Waals surface area contributed by atoms with E-state index in [1.165, 1.54) is 0 Å². The molecule has 0 bridgehead atoms. The predicted molar refractivity (Wildman–Crippen MR) is 71.6 cm³/mol. The van der Waals surface area contributed by atoms with Gasteiger partial charge in [-0.1, -0.05) is 13.8 Å². The first-order chi connectivity index (χ1) is 9.12. The van der Waals surface area contributed by atoms with Gasteiger partial charge in [0, 0.05) is 18.7 Å². The van der Waals surface area contributed by atoms with E-state index in [1.807, 2.05) is 13.8 Å². The number of nitrogens with zero attached hydrogens (tertiary/aromatic N) is 1. The van der Waals surface area contributed by atoms with Crippen LogP contribution in [0.4, 0.5) is 20.2 Å². The number of anilines is 1. The summed E-state index contributed by atoms with van der Waals surface area (Å²) in [6, 6.07) is 1.29. The number of hydrogen-bond donors (Lipinski definition) is 2. The largest absolute Gasteiger partial charge is 0.388 e. The van der Waals surface area contributed by atoms with Crippen molar-refractivity contribution in [3.63, 3.8) is 0 Å². The van der Waals surface area contributed by atoms with Crippen molar-refractivity contribution in [1.82, 2.24) is 0 Å². The minimum Gasteiger partial charge on any atom is -0.388 e. The summed E-state index contributed by atoms with van der Waals surface area (Å²) in [6.07, 6.45) is 0.450. The number of halogens is 2. The van der Waals surface area contributed by atoms with Crippen LogP contribution in [0.25, 0.3) is 0 Å². The molecule has 1 unspecified atom stereocenters. The van der Waals surface area contributed by atoms with Crippen molar-refractivity contribution in [3.05, 3.63) is 33.9 Å². The lowest BCUT2D eigenvalue weighted by molar-refractivity contribution is -0.386. The Morgan fingerprint density at radius 3 is 2.55 bits per heavy atom. The summed E-state index contributed by atoms with van der Waals surface area (Å²) in [5.41, 5.74) is -2.24. The zero-order valence-corrected chi connectivity index (χ0v) is 11.6. The van der Waals surface area contributed by atoms with E-state index < -0.39 is 27.8 Å². The van der Waals surface area contributed by atoms with Gasteiger partial charge in [0.05, 0.1) is 10.5 Å². The molecule has 0 radical (unpaired) electrons. The van der Waals surface area contributed by atoms with Crippen LogP contribution in [0.15, 0.2) is 12.1 Å². The van der Waals surface area contributed by atoms with Crippen LogP contribution in [-0.4, -0.2) is 22.2 Å². The van der Waals surface area contributed by atoms with Gasteiger partial charge in [-0.2, -0.15) is 4.39 Å². The summed E-state index contributed by atoms with van der Waals surface area (Å²) in [6.45, 7) is 5.34. The van der Waals surface area contributed by atoms with Crippen molar-refractivity contribution >= 4 is 11.4 Å². The molecule has 5 nitrogen and oxygen atoms in total. The Bertz CT molecular complexity index is 505. The Morgan fingerprint density at radius 2 is 2.05 bits per heavy atom. The lowest BCUT2D eigenvalue weighted by atomic mass is 9.94. The van der Waals surface area contributed by atoms with Crippen LogP contribution in [0.1, 0.15) is 27.2 Å². The van der Waals surface area contributed by atoms with Crippen molar-refractivity contribution in [3.8, 4) is 0 Å². The molecule has 20 heavy (non-hydrogen) atoms. The zero-order valence-electron chi connectivity index (χ0n) is 11.6. The van der Waals surface area contributed by atoms with Gasteiger partial charge in [-0.05, 0) is 19.3 Å². The highest BCUT2D eigenvalue weighted by Crippen LogP contribution is 2.29. The van der Waals surface area contributed by atoms with Gasteiger partial charge < -0.3 is 10.4 Å². The third-order valence-corrected chi connectivity index (χ3v) is 2.72. The topological polar surface area (TPSA) is 75.4 Å². The average molecular weight is 288 g/mol. The van der Waals surface area contributed by atoms with Crippen LogP contribution in [0.3, 0.4) is 0 Å². The van der Waals surface area contributed by atoms with Gasteiger partial charge in [0.1, 0.15) is 11.5 Å². The third kappa shape index (κ3) is 4.41. The molecule has 0 aliphatic heterocycles. The number of rotatable bonds is 6. The molecule has 1 rings (SSSR count). The lowest BCUT2D eigenvalue weighted by Gasteiger charge is -2.26. The Balaban J connectivity index is 2.95. The Hall–Kier alpha value is -1.76. The van der Waals surface area contributed by atoms with Gasteiger partial charge in [-0.25, -0.2) is 4.39 Å². The normalized spacial score (nSPS) is 14.2. The molecule has 0 saturated heterocycles. The molecule has 7 heteroatoms. The summed E-state index contributed by atoms with van der Waals surface area (Å²) in [5, 5.41) is 23.4. The minimum atomic E-state index is -1.25. The first kappa shape index (κ1) is 16.3. The zero-order chi connectivity index (χ0) is 15.5. The molecule has 1 atom stereocenters. The first-order valence-corrected chi connectivity index (χ1v) is 6.22. The second-order valence-electron chi connectivity index (χ2n) is 5.49. The molecule has 0 heterocycles. The molecule has 0 fully saturated rings. The lowest BCUT2D eigenvalue weighted by Crippen LogP contribution is -2.35. The van der Waals surface area contributed by atoms with E-state index in [1.54, 1.807) is 6.92 Å². The molecule has 2 N–H and O–H groups in total. The molecular weight excluding hydrogens is 270 g/mol. The van der Waals surface area contributed by atoms with Gasteiger partial charge in [0.15, 0.2) is 0 Å². The average Bonchev–Trinajstić information content (AvgIpc) is 2.22. The number of benzene rings is 1. The molecule has 1 aromatic carbocycles. The van der Waals surface area contributed by atoms with Crippen LogP contribution >= 0.6 is 0 Å². The second-order valence-corrected chi connectivity index (χ2v) is 5.49. The van der Waals surface area contributed by atoms with Crippen molar-refractivity contribution in [2.45, 2.75) is 32.8 Å². The highest BCUT2D eigenvalue weighted by Gasteiger charge is 2.26. The van der Waals surface area contributed by atoms with E-state index in [-0.39, 0.29) is 18.2 Å². The van der Waals surface area contributed by atoms with Gasteiger partial charge in [-0.15, -0.1) is 0 Å². The van der Waals surface area contributed by atoms with E-state index in [0.29, 0.717) is 12.5 Å². The SMILES string of the molecule is CC(C)CC(C)(O)CNc1cc(F)cc(F)c1[N+](=O)[O-]. The third-order valence-electron chi connectivity index (χ3n) is 2.72. The van der Waals surface area contributed by atoms with Gasteiger partial charge in [-0.3, -0.25) is 10.1 Å². The van der Waals surface area contributed by atoms with Crippen molar-refractivity contribution in [2.75, 3.05) is 11.9 Å². The summed E-state index contributed by atoms with van der Waals surface area (Å²) in [5.74, 6) is -1.95. The summed E-state index contributed by atoms with van der Waals surface area (Å²) >= 11 is 0. The van der Waals surface area contributed by atoms with E-state index in [2.05, 4.69) is 5.32 Å². The molecule has 112 valence electrons. The van der Waals surface area contributed by atoms with Crippen LogP contribution in [0, 0.1) is 27.7 Å². The van der Waals surface area contributed by atoms with Crippen LogP contribution in [0.5, 0.6) is 0 Å². The number of aliphatic hydroxyl groups is 1. The van der Waals surface area contributed by atoms with E-state index in [4.69, 9.17) is 0 Å². The fraction of sp³-hybridized carbons (Fsp3) is 0.538. The standard InChI is InChI=1S/C13H18F2N2O3/c1-8(2)6-13(3,18)7-16-11-5-9(14)4-10(15)12(11)17(19)20/h4-5,8,16,18H,6-7H2,1-3H3. The smallest absolute Gasteiger partial charge is 0.327 e. The molecule has 0 aliphatic carbocycles. The summed E-state index contributed by atoms with van der Waals surface area (Å²) in [4.78, 5) is 9.87. The Kier molecular flexibility index (Phi) is 4.99. The maximum Gasteiger partial charge on any atom is 0.327 e. The quantitative estimate of drug-likeness (QED) is 0.623.